The number of hydrogen-bond donors (Lipinski definition) is 1. The summed E-state index contributed by atoms with van der Waals surface area (Å²) in [7, 11) is 3.33. The van der Waals surface area contributed by atoms with Crippen LogP contribution in [0.2, 0.25) is 0 Å². The summed E-state index contributed by atoms with van der Waals surface area (Å²) in [6, 6.07) is 14.5. The van der Waals surface area contributed by atoms with Crippen molar-refractivity contribution in [2.24, 2.45) is 0 Å². The molecule has 0 aromatic heterocycles. The smallest absolute Gasteiger partial charge is 0.142 e. The monoisotopic (exact) mass is 303 g/mol. The fraction of sp³-hybridized carbons (Fsp3) is 0.294. The predicted octanol–water partition coefficient (Wildman–Crippen LogP) is 4.60. The Kier molecular flexibility index (Phi) is 5.39. The van der Waals surface area contributed by atoms with Crippen LogP contribution >= 0.6 is 11.8 Å². The predicted molar refractivity (Wildman–Crippen MR) is 89.8 cm³/mol. The maximum Gasteiger partial charge on any atom is 0.142 e. The van der Waals surface area contributed by atoms with Gasteiger partial charge in [0.2, 0.25) is 0 Å². The van der Waals surface area contributed by atoms with E-state index in [4.69, 9.17) is 9.47 Å². The molecule has 0 saturated carbocycles. The Morgan fingerprint density at radius 1 is 1.00 bits per heavy atom. The molecule has 0 heterocycles. The topological polar surface area (TPSA) is 30.5 Å². The van der Waals surface area contributed by atoms with Crippen molar-refractivity contribution in [3.63, 3.8) is 0 Å². The van der Waals surface area contributed by atoms with Crippen molar-refractivity contribution in [3.05, 3.63) is 48.0 Å². The molecule has 1 unspecified atom stereocenters. The molecule has 3 nitrogen and oxygen atoms in total. The number of nitrogens with one attached hydrogen (secondary N) is 1. The highest BCUT2D eigenvalue weighted by molar-refractivity contribution is 7.98. The average molecular weight is 303 g/mol. The molecule has 0 bridgehead atoms. The van der Waals surface area contributed by atoms with Crippen molar-refractivity contribution in [3.8, 4) is 11.5 Å². The first kappa shape index (κ1) is 15.6. The van der Waals surface area contributed by atoms with E-state index in [1.54, 1.807) is 26.0 Å². The van der Waals surface area contributed by atoms with E-state index in [0.29, 0.717) is 0 Å². The second kappa shape index (κ2) is 7.27. The first-order chi connectivity index (χ1) is 10.2. The molecular weight excluding hydrogens is 282 g/mol. The van der Waals surface area contributed by atoms with Gasteiger partial charge >= 0.3 is 0 Å². The second-order valence-electron chi connectivity index (χ2n) is 4.71. The maximum absolute atomic E-state index is 5.40. The van der Waals surface area contributed by atoms with Gasteiger partial charge < -0.3 is 14.8 Å². The minimum atomic E-state index is 0.182. The van der Waals surface area contributed by atoms with Gasteiger partial charge in [-0.05, 0) is 43.0 Å². The number of benzene rings is 2. The SMILES string of the molecule is COc1ccc(OC)c(NC(C)c2ccc(SC)cc2)c1. The molecule has 0 spiro atoms. The lowest BCUT2D eigenvalue weighted by Crippen LogP contribution is -2.07. The summed E-state index contributed by atoms with van der Waals surface area (Å²) in [5.74, 6) is 1.62. The molecule has 1 atom stereocenters. The summed E-state index contributed by atoms with van der Waals surface area (Å²) in [4.78, 5) is 1.27. The van der Waals surface area contributed by atoms with Gasteiger partial charge in [-0.3, -0.25) is 0 Å². The van der Waals surface area contributed by atoms with E-state index in [0.717, 1.165) is 17.2 Å². The lowest BCUT2D eigenvalue weighted by atomic mass is 10.1. The molecule has 0 radical (unpaired) electrons. The van der Waals surface area contributed by atoms with Gasteiger partial charge in [0, 0.05) is 17.0 Å². The zero-order chi connectivity index (χ0) is 15.2. The van der Waals surface area contributed by atoms with Gasteiger partial charge in [-0.25, -0.2) is 0 Å². The molecule has 0 aliphatic rings. The molecule has 2 aromatic carbocycles. The lowest BCUT2D eigenvalue weighted by molar-refractivity contribution is 0.404. The minimum absolute atomic E-state index is 0.182. The highest BCUT2D eigenvalue weighted by atomic mass is 32.2. The van der Waals surface area contributed by atoms with Crippen LogP contribution in [0.1, 0.15) is 18.5 Å². The van der Waals surface area contributed by atoms with Crippen LogP contribution in [-0.2, 0) is 0 Å². The minimum Gasteiger partial charge on any atom is -0.497 e. The van der Waals surface area contributed by atoms with Gasteiger partial charge in [-0.1, -0.05) is 12.1 Å². The molecule has 0 amide bonds. The zero-order valence-corrected chi connectivity index (χ0v) is 13.7. The Bertz CT molecular complexity index is 584. The average Bonchev–Trinajstić information content (AvgIpc) is 2.54. The van der Waals surface area contributed by atoms with Crippen LogP contribution < -0.4 is 14.8 Å². The van der Waals surface area contributed by atoms with Crippen molar-refractivity contribution >= 4 is 17.4 Å². The Hall–Kier alpha value is -1.81. The molecule has 0 aliphatic heterocycles. The van der Waals surface area contributed by atoms with Crippen molar-refractivity contribution in [1.29, 1.82) is 0 Å². The second-order valence-corrected chi connectivity index (χ2v) is 5.59. The number of thioether (sulfide) groups is 1. The van der Waals surface area contributed by atoms with Crippen LogP contribution in [0.15, 0.2) is 47.4 Å². The Morgan fingerprint density at radius 3 is 2.29 bits per heavy atom. The normalized spacial score (nSPS) is 11.8. The van der Waals surface area contributed by atoms with E-state index >= 15 is 0 Å². The highest BCUT2D eigenvalue weighted by Gasteiger charge is 2.10. The van der Waals surface area contributed by atoms with Crippen molar-refractivity contribution in [1.82, 2.24) is 0 Å². The molecule has 0 fully saturated rings. The zero-order valence-electron chi connectivity index (χ0n) is 12.8. The van der Waals surface area contributed by atoms with Crippen molar-refractivity contribution in [2.45, 2.75) is 17.9 Å². The van der Waals surface area contributed by atoms with E-state index in [1.807, 2.05) is 18.2 Å². The van der Waals surface area contributed by atoms with Crippen LogP contribution in [0.3, 0.4) is 0 Å². The standard InChI is InChI=1S/C17H21NO2S/c1-12(13-5-8-15(21-4)9-6-13)18-16-11-14(19-2)7-10-17(16)20-3/h5-12,18H,1-4H3. The number of anilines is 1. The van der Waals surface area contributed by atoms with Crippen LogP contribution in [0.25, 0.3) is 0 Å². The van der Waals surface area contributed by atoms with Crippen LogP contribution in [0, 0.1) is 0 Å². The number of rotatable bonds is 6. The third kappa shape index (κ3) is 3.85. The Balaban J connectivity index is 2.19. The molecule has 2 rings (SSSR count). The summed E-state index contributed by atoms with van der Waals surface area (Å²) in [6.07, 6.45) is 2.08. The lowest BCUT2D eigenvalue weighted by Gasteiger charge is -2.19. The van der Waals surface area contributed by atoms with Crippen molar-refractivity contribution < 1.29 is 9.47 Å². The van der Waals surface area contributed by atoms with Crippen LogP contribution in [0.4, 0.5) is 5.69 Å². The fourth-order valence-electron chi connectivity index (χ4n) is 2.14. The summed E-state index contributed by atoms with van der Waals surface area (Å²) >= 11 is 1.75. The molecule has 0 aliphatic carbocycles. The molecular formula is C17H21NO2S. The summed E-state index contributed by atoms with van der Waals surface area (Å²) in [6.45, 7) is 2.13. The number of hydrogen-bond acceptors (Lipinski definition) is 4. The number of methoxy groups -OCH3 is 2. The van der Waals surface area contributed by atoms with E-state index in [2.05, 4.69) is 42.8 Å². The van der Waals surface area contributed by atoms with Gasteiger partial charge in [0.25, 0.3) is 0 Å². The van der Waals surface area contributed by atoms with Gasteiger partial charge in [-0.2, -0.15) is 0 Å². The summed E-state index contributed by atoms with van der Waals surface area (Å²) in [5, 5.41) is 3.48. The van der Waals surface area contributed by atoms with E-state index in [1.165, 1.54) is 10.5 Å². The molecule has 0 saturated heterocycles. The number of ether oxygens (including phenoxy) is 2. The highest BCUT2D eigenvalue weighted by Crippen LogP contribution is 2.32. The molecule has 1 N–H and O–H groups in total. The third-order valence-electron chi connectivity index (χ3n) is 3.39. The van der Waals surface area contributed by atoms with Gasteiger partial charge in [-0.15, -0.1) is 11.8 Å². The van der Waals surface area contributed by atoms with E-state index in [9.17, 15) is 0 Å². The third-order valence-corrected chi connectivity index (χ3v) is 4.14. The largest absolute Gasteiger partial charge is 0.497 e. The van der Waals surface area contributed by atoms with Crippen LogP contribution in [0.5, 0.6) is 11.5 Å². The summed E-state index contributed by atoms with van der Waals surface area (Å²) < 4.78 is 10.7. The van der Waals surface area contributed by atoms with E-state index < -0.39 is 0 Å². The van der Waals surface area contributed by atoms with Gasteiger partial charge in [0.15, 0.2) is 0 Å². The first-order valence-corrected chi connectivity index (χ1v) is 8.03. The van der Waals surface area contributed by atoms with Crippen molar-refractivity contribution in [2.75, 3.05) is 25.8 Å². The summed E-state index contributed by atoms with van der Waals surface area (Å²) in [5.41, 5.74) is 2.16. The molecule has 112 valence electrons. The molecule has 21 heavy (non-hydrogen) atoms. The Labute approximate surface area is 130 Å². The van der Waals surface area contributed by atoms with E-state index in [-0.39, 0.29) is 6.04 Å². The molecule has 2 aromatic rings. The quantitative estimate of drug-likeness (QED) is 0.790. The molecule has 4 heteroatoms. The fourth-order valence-corrected chi connectivity index (χ4v) is 2.54. The first-order valence-electron chi connectivity index (χ1n) is 6.80. The van der Waals surface area contributed by atoms with Gasteiger partial charge in [0.05, 0.1) is 19.9 Å². The van der Waals surface area contributed by atoms with Crippen LogP contribution in [-0.4, -0.2) is 20.5 Å². The maximum atomic E-state index is 5.40. The van der Waals surface area contributed by atoms with Gasteiger partial charge in [0.1, 0.15) is 11.5 Å². The Morgan fingerprint density at radius 2 is 1.71 bits per heavy atom.